The molecule has 0 radical (unpaired) electrons. The largest absolute Gasteiger partial charge is 0.483 e. The Hall–Kier alpha value is -1.62. The van der Waals surface area contributed by atoms with Crippen LogP contribution in [0.3, 0.4) is 0 Å². The van der Waals surface area contributed by atoms with E-state index in [-0.39, 0.29) is 24.4 Å². The molecular formula is C16H23FN2O2. The SMILES string of the molecule is CCNC(C)c1ccc(F)cc1OCC(=O)N(C)C1CC1. The van der Waals surface area contributed by atoms with E-state index in [1.807, 2.05) is 13.8 Å². The molecule has 1 aliphatic rings. The van der Waals surface area contributed by atoms with Crippen LogP contribution in [-0.4, -0.2) is 37.0 Å². The number of rotatable bonds is 7. The van der Waals surface area contributed by atoms with Crippen molar-refractivity contribution in [2.75, 3.05) is 20.2 Å². The van der Waals surface area contributed by atoms with Crippen molar-refractivity contribution in [3.05, 3.63) is 29.6 Å². The summed E-state index contributed by atoms with van der Waals surface area (Å²) in [4.78, 5) is 13.7. The Morgan fingerprint density at radius 3 is 2.86 bits per heavy atom. The molecule has 0 heterocycles. The third-order valence-corrected chi connectivity index (χ3v) is 3.79. The smallest absolute Gasteiger partial charge is 0.260 e. The second-order valence-corrected chi connectivity index (χ2v) is 5.49. The third-order valence-electron chi connectivity index (χ3n) is 3.79. The summed E-state index contributed by atoms with van der Waals surface area (Å²) in [6.45, 7) is 4.75. The molecule has 1 aliphatic carbocycles. The summed E-state index contributed by atoms with van der Waals surface area (Å²) in [7, 11) is 1.79. The number of likely N-dealkylation sites (N-methyl/N-ethyl adjacent to an activating group) is 1. The first-order valence-corrected chi connectivity index (χ1v) is 7.44. The first kappa shape index (κ1) is 15.8. The van der Waals surface area contributed by atoms with Crippen molar-refractivity contribution in [2.24, 2.45) is 0 Å². The molecule has 1 atom stereocenters. The summed E-state index contributed by atoms with van der Waals surface area (Å²) in [5.41, 5.74) is 0.861. The zero-order valence-corrected chi connectivity index (χ0v) is 12.9. The van der Waals surface area contributed by atoms with E-state index in [2.05, 4.69) is 5.32 Å². The molecule has 4 nitrogen and oxygen atoms in total. The van der Waals surface area contributed by atoms with Crippen LogP contribution >= 0.6 is 0 Å². The van der Waals surface area contributed by atoms with Crippen LogP contribution in [0.4, 0.5) is 4.39 Å². The van der Waals surface area contributed by atoms with Crippen LogP contribution in [0.5, 0.6) is 5.75 Å². The van der Waals surface area contributed by atoms with Crippen LogP contribution < -0.4 is 10.1 Å². The van der Waals surface area contributed by atoms with Crippen molar-refractivity contribution in [1.82, 2.24) is 10.2 Å². The van der Waals surface area contributed by atoms with Gasteiger partial charge in [0.2, 0.25) is 0 Å². The van der Waals surface area contributed by atoms with Crippen LogP contribution in [-0.2, 0) is 4.79 Å². The molecule has 2 rings (SSSR count). The highest BCUT2D eigenvalue weighted by Crippen LogP contribution is 2.27. The van der Waals surface area contributed by atoms with Gasteiger partial charge in [0.05, 0.1) is 0 Å². The minimum Gasteiger partial charge on any atom is -0.483 e. The second-order valence-electron chi connectivity index (χ2n) is 5.49. The maximum atomic E-state index is 13.4. The molecule has 116 valence electrons. The molecule has 5 heteroatoms. The molecule has 0 aromatic heterocycles. The number of carbonyl (C=O) groups excluding carboxylic acids is 1. The predicted molar refractivity (Wildman–Crippen MR) is 79.8 cm³/mol. The average molecular weight is 294 g/mol. The zero-order valence-electron chi connectivity index (χ0n) is 12.9. The van der Waals surface area contributed by atoms with Gasteiger partial charge in [0.25, 0.3) is 5.91 Å². The summed E-state index contributed by atoms with van der Waals surface area (Å²) < 4.78 is 19.0. The fourth-order valence-electron chi connectivity index (χ4n) is 2.31. The number of nitrogens with one attached hydrogen (secondary N) is 1. The van der Waals surface area contributed by atoms with Crippen molar-refractivity contribution in [3.8, 4) is 5.75 Å². The van der Waals surface area contributed by atoms with Gasteiger partial charge in [-0.3, -0.25) is 4.79 Å². The van der Waals surface area contributed by atoms with Gasteiger partial charge in [-0.2, -0.15) is 0 Å². The number of amides is 1. The van der Waals surface area contributed by atoms with Gasteiger partial charge >= 0.3 is 0 Å². The average Bonchev–Trinajstić information content (AvgIpc) is 3.28. The van der Waals surface area contributed by atoms with Gasteiger partial charge in [-0.15, -0.1) is 0 Å². The van der Waals surface area contributed by atoms with Crippen molar-refractivity contribution in [3.63, 3.8) is 0 Å². The minimum atomic E-state index is -0.361. The molecule has 0 aliphatic heterocycles. The highest BCUT2D eigenvalue weighted by atomic mass is 19.1. The van der Waals surface area contributed by atoms with E-state index in [1.54, 1.807) is 18.0 Å². The molecule has 0 saturated heterocycles. The van der Waals surface area contributed by atoms with Crippen molar-refractivity contribution < 1.29 is 13.9 Å². The van der Waals surface area contributed by atoms with Gasteiger partial charge < -0.3 is 15.0 Å². The van der Waals surface area contributed by atoms with Crippen LogP contribution in [0, 0.1) is 5.82 Å². The lowest BCUT2D eigenvalue weighted by molar-refractivity contribution is -0.132. The fraction of sp³-hybridized carbons (Fsp3) is 0.562. The first-order valence-electron chi connectivity index (χ1n) is 7.44. The van der Waals surface area contributed by atoms with Crippen LogP contribution in [0.25, 0.3) is 0 Å². The van der Waals surface area contributed by atoms with Crippen LogP contribution in [0.1, 0.15) is 38.3 Å². The Kier molecular flexibility index (Phi) is 5.17. The highest BCUT2D eigenvalue weighted by molar-refractivity contribution is 5.78. The van der Waals surface area contributed by atoms with E-state index < -0.39 is 0 Å². The maximum Gasteiger partial charge on any atom is 0.260 e. The second kappa shape index (κ2) is 6.89. The Bertz CT molecular complexity index is 503. The van der Waals surface area contributed by atoms with Crippen molar-refractivity contribution in [2.45, 2.75) is 38.8 Å². The van der Waals surface area contributed by atoms with Gasteiger partial charge in [-0.1, -0.05) is 13.0 Å². The normalized spacial score (nSPS) is 15.6. The zero-order chi connectivity index (χ0) is 15.4. The Balaban J connectivity index is 2.03. The number of hydrogen-bond donors (Lipinski definition) is 1. The monoisotopic (exact) mass is 294 g/mol. The molecule has 1 unspecified atom stereocenters. The van der Waals surface area contributed by atoms with E-state index in [9.17, 15) is 9.18 Å². The Morgan fingerprint density at radius 1 is 1.52 bits per heavy atom. The number of carbonyl (C=O) groups is 1. The summed E-state index contributed by atoms with van der Waals surface area (Å²) in [6, 6.07) is 4.85. The van der Waals surface area contributed by atoms with E-state index in [0.29, 0.717) is 11.8 Å². The van der Waals surface area contributed by atoms with Gasteiger partial charge in [-0.05, 0) is 32.4 Å². The first-order chi connectivity index (χ1) is 10.0. The number of nitrogens with zero attached hydrogens (tertiary/aromatic N) is 1. The number of halogens is 1. The van der Waals surface area contributed by atoms with Gasteiger partial charge in [0.15, 0.2) is 6.61 Å². The molecule has 1 aromatic carbocycles. The summed E-state index contributed by atoms with van der Waals surface area (Å²) in [5, 5.41) is 3.26. The number of ether oxygens (including phenoxy) is 1. The Morgan fingerprint density at radius 2 is 2.24 bits per heavy atom. The molecule has 0 spiro atoms. The molecular weight excluding hydrogens is 271 g/mol. The molecule has 1 aromatic rings. The lowest BCUT2D eigenvalue weighted by Gasteiger charge is -2.20. The number of hydrogen-bond acceptors (Lipinski definition) is 3. The molecule has 1 fully saturated rings. The van der Waals surface area contributed by atoms with E-state index >= 15 is 0 Å². The number of benzene rings is 1. The fourth-order valence-corrected chi connectivity index (χ4v) is 2.31. The molecule has 0 bridgehead atoms. The van der Waals surface area contributed by atoms with E-state index in [1.165, 1.54) is 12.1 Å². The van der Waals surface area contributed by atoms with Gasteiger partial charge in [0.1, 0.15) is 11.6 Å². The maximum absolute atomic E-state index is 13.4. The lowest BCUT2D eigenvalue weighted by Crippen LogP contribution is -2.33. The third kappa shape index (κ3) is 4.17. The molecule has 1 N–H and O–H groups in total. The molecule has 1 amide bonds. The topological polar surface area (TPSA) is 41.6 Å². The summed E-state index contributed by atoms with van der Waals surface area (Å²) in [5.74, 6) is 0.00487. The minimum absolute atomic E-state index is 0.0434. The summed E-state index contributed by atoms with van der Waals surface area (Å²) >= 11 is 0. The van der Waals surface area contributed by atoms with Gasteiger partial charge in [-0.25, -0.2) is 4.39 Å². The lowest BCUT2D eigenvalue weighted by atomic mass is 10.1. The Labute approximate surface area is 125 Å². The predicted octanol–water partition coefficient (Wildman–Crippen LogP) is 2.50. The standard InChI is InChI=1S/C16H23FN2O2/c1-4-18-11(2)14-8-5-12(17)9-15(14)21-10-16(20)19(3)13-6-7-13/h5,8-9,11,13,18H,4,6-7,10H2,1-3H3. The van der Waals surface area contributed by atoms with Gasteiger partial charge in [0, 0.05) is 30.8 Å². The molecule has 21 heavy (non-hydrogen) atoms. The van der Waals surface area contributed by atoms with Crippen LogP contribution in [0.2, 0.25) is 0 Å². The van der Waals surface area contributed by atoms with Crippen molar-refractivity contribution >= 4 is 5.91 Å². The van der Waals surface area contributed by atoms with Crippen LogP contribution in [0.15, 0.2) is 18.2 Å². The van der Waals surface area contributed by atoms with E-state index in [0.717, 1.165) is 24.9 Å². The van der Waals surface area contributed by atoms with E-state index in [4.69, 9.17) is 4.74 Å². The quantitative estimate of drug-likeness (QED) is 0.840. The van der Waals surface area contributed by atoms with Crippen molar-refractivity contribution in [1.29, 1.82) is 0 Å². The highest BCUT2D eigenvalue weighted by Gasteiger charge is 2.29. The molecule has 1 saturated carbocycles. The summed E-state index contributed by atoms with van der Waals surface area (Å²) in [6.07, 6.45) is 2.12.